The number of nitrogens with zero attached hydrogens (tertiary/aromatic N) is 1. The summed E-state index contributed by atoms with van der Waals surface area (Å²) < 4.78 is 11.2. The average Bonchev–Trinajstić information content (AvgIpc) is 3.12. The molecule has 0 aromatic heterocycles. The van der Waals surface area contributed by atoms with Gasteiger partial charge in [-0.3, -0.25) is 14.5 Å². The Morgan fingerprint density at radius 1 is 1.05 bits per heavy atom. The fourth-order valence-corrected chi connectivity index (χ4v) is 4.50. The van der Waals surface area contributed by atoms with Gasteiger partial charge >= 0.3 is 0 Å². The molecule has 1 aliphatic rings. The molecule has 3 aromatic carbocycles. The number of phenols is 1. The fourth-order valence-electron chi connectivity index (χ4n) is 4.33. The number of aliphatic hydroxyl groups is 1. The maximum absolute atomic E-state index is 13.4. The van der Waals surface area contributed by atoms with Crippen LogP contribution in [0, 0.1) is 6.92 Å². The Kier molecular flexibility index (Phi) is 7.45. The minimum absolute atomic E-state index is 0.0280. The van der Waals surface area contributed by atoms with E-state index in [1.165, 1.54) is 11.0 Å². The Bertz CT molecular complexity index is 1380. The topological polar surface area (TPSA) is 96.3 Å². The Labute approximate surface area is 220 Å². The largest absolute Gasteiger partial charge is 0.507 e. The van der Waals surface area contributed by atoms with Gasteiger partial charge in [0, 0.05) is 16.3 Å². The van der Waals surface area contributed by atoms with Crippen molar-refractivity contribution < 1.29 is 29.3 Å². The van der Waals surface area contributed by atoms with Crippen LogP contribution in [0.25, 0.3) is 5.76 Å². The number of ketones is 1. The lowest BCUT2D eigenvalue weighted by atomic mass is 9.94. The van der Waals surface area contributed by atoms with Crippen LogP contribution < -0.4 is 14.4 Å². The van der Waals surface area contributed by atoms with Gasteiger partial charge in [0.25, 0.3) is 11.7 Å². The van der Waals surface area contributed by atoms with E-state index >= 15 is 0 Å². The van der Waals surface area contributed by atoms with Crippen LogP contribution in [0.2, 0.25) is 5.02 Å². The zero-order valence-electron chi connectivity index (χ0n) is 21.0. The molecule has 2 N–H and O–H groups in total. The number of aryl methyl sites for hydroxylation is 1. The average molecular weight is 522 g/mol. The van der Waals surface area contributed by atoms with Crippen LogP contribution in [0.1, 0.15) is 43.5 Å². The number of ether oxygens (including phenoxy) is 2. The number of hydrogen-bond donors (Lipinski definition) is 2. The first-order valence-electron chi connectivity index (χ1n) is 11.9. The lowest BCUT2D eigenvalue weighted by molar-refractivity contribution is -0.132. The van der Waals surface area contributed by atoms with Gasteiger partial charge in [-0.1, -0.05) is 23.7 Å². The number of anilines is 1. The normalized spacial score (nSPS) is 16.9. The third-order valence-electron chi connectivity index (χ3n) is 5.97. The maximum Gasteiger partial charge on any atom is 0.300 e. The minimum Gasteiger partial charge on any atom is -0.507 e. The molecule has 1 saturated heterocycles. The van der Waals surface area contributed by atoms with Gasteiger partial charge in [0.2, 0.25) is 0 Å². The number of amides is 1. The van der Waals surface area contributed by atoms with Crippen molar-refractivity contribution >= 4 is 34.7 Å². The number of aliphatic hydroxyl groups excluding tert-OH is 1. The highest BCUT2D eigenvalue weighted by molar-refractivity contribution is 6.52. The maximum atomic E-state index is 13.4. The number of Topliss-reactive ketones (excluding diaryl/α,β-unsaturated/α-hetero) is 1. The molecule has 1 amide bonds. The van der Waals surface area contributed by atoms with Crippen molar-refractivity contribution in [2.24, 2.45) is 0 Å². The van der Waals surface area contributed by atoms with Crippen molar-refractivity contribution in [2.75, 3.05) is 11.5 Å². The van der Waals surface area contributed by atoms with E-state index in [1.807, 2.05) is 13.8 Å². The number of hydrogen-bond acceptors (Lipinski definition) is 6. The van der Waals surface area contributed by atoms with E-state index in [0.717, 1.165) is 5.56 Å². The molecule has 1 heterocycles. The van der Waals surface area contributed by atoms with Gasteiger partial charge < -0.3 is 19.7 Å². The molecule has 8 heteroatoms. The van der Waals surface area contributed by atoms with Crippen LogP contribution in [-0.2, 0) is 9.59 Å². The Hall–Kier alpha value is -3.97. The number of phenolic OH excluding ortho intramolecular Hbond substituents is 1. The molecule has 4 rings (SSSR count). The van der Waals surface area contributed by atoms with Crippen LogP contribution in [0.15, 0.2) is 66.2 Å². The van der Waals surface area contributed by atoms with E-state index in [2.05, 4.69) is 0 Å². The molecular formula is C29H28ClNO6. The fraction of sp³-hybridized carbons (Fsp3) is 0.241. The molecule has 0 aliphatic carbocycles. The number of aromatic hydroxyl groups is 1. The molecule has 0 spiro atoms. The zero-order valence-corrected chi connectivity index (χ0v) is 21.7. The predicted molar refractivity (Wildman–Crippen MR) is 142 cm³/mol. The predicted octanol–water partition coefficient (Wildman–Crippen LogP) is 6.17. The SMILES string of the molecule is CCOc1cc(C2/C(=C(\O)c3ccc(OC(C)C)cc3)C(=O)C(=O)N2c2cc(Cl)ccc2C)ccc1O. The van der Waals surface area contributed by atoms with Crippen molar-refractivity contribution in [3.63, 3.8) is 0 Å². The molecule has 7 nitrogen and oxygen atoms in total. The van der Waals surface area contributed by atoms with Crippen LogP contribution in [0.4, 0.5) is 5.69 Å². The molecule has 1 aliphatic heterocycles. The van der Waals surface area contributed by atoms with Crippen molar-refractivity contribution in [3.05, 3.63) is 87.9 Å². The van der Waals surface area contributed by atoms with E-state index in [9.17, 15) is 19.8 Å². The summed E-state index contributed by atoms with van der Waals surface area (Å²) in [4.78, 5) is 28.2. The van der Waals surface area contributed by atoms with Crippen LogP contribution >= 0.6 is 11.6 Å². The van der Waals surface area contributed by atoms with Gasteiger partial charge in [-0.05, 0) is 87.4 Å². The lowest BCUT2D eigenvalue weighted by Crippen LogP contribution is -2.30. The smallest absolute Gasteiger partial charge is 0.300 e. The third kappa shape index (κ3) is 5.13. The highest BCUT2D eigenvalue weighted by Gasteiger charge is 2.47. The second-order valence-electron chi connectivity index (χ2n) is 8.95. The van der Waals surface area contributed by atoms with Crippen LogP contribution in [0.3, 0.4) is 0 Å². The molecule has 37 heavy (non-hydrogen) atoms. The summed E-state index contributed by atoms with van der Waals surface area (Å²) in [6.45, 7) is 7.69. The van der Waals surface area contributed by atoms with Crippen molar-refractivity contribution in [3.8, 4) is 17.2 Å². The standard InChI is InChI=1S/C29H28ClNO6/c1-5-36-24-14-19(9-13-23(24)32)26-25(27(33)18-7-11-21(12-8-18)37-16(2)3)28(34)29(35)31(26)22-15-20(30)10-6-17(22)4/h6-16,26,32-33H,5H2,1-4H3/b27-25+. The summed E-state index contributed by atoms with van der Waals surface area (Å²) in [5.41, 5.74) is 1.89. The first kappa shape index (κ1) is 26.1. The second-order valence-corrected chi connectivity index (χ2v) is 9.39. The van der Waals surface area contributed by atoms with Gasteiger partial charge in [0.1, 0.15) is 11.5 Å². The van der Waals surface area contributed by atoms with E-state index in [-0.39, 0.29) is 28.9 Å². The number of rotatable bonds is 7. The highest BCUT2D eigenvalue weighted by atomic mass is 35.5. The highest BCUT2D eigenvalue weighted by Crippen LogP contribution is 2.45. The summed E-state index contributed by atoms with van der Waals surface area (Å²) in [6, 6.07) is 15.3. The molecule has 1 fully saturated rings. The lowest BCUT2D eigenvalue weighted by Gasteiger charge is -2.27. The first-order valence-corrected chi connectivity index (χ1v) is 12.3. The monoisotopic (exact) mass is 521 g/mol. The summed E-state index contributed by atoms with van der Waals surface area (Å²) in [5, 5.41) is 22.0. The number of carbonyl (C=O) groups excluding carboxylic acids is 2. The van der Waals surface area contributed by atoms with E-state index < -0.39 is 17.7 Å². The number of halogens is 1. The summed E-state index contributed by atoms with van der Waals surface area (Å²) in [6.07, 6.45) is -0.0280. The first-order chi connectivity index (χ1) is 17.6. The molecule has 0 saturated carbocycles. The van der Waals surface area contributed by atoms with E-state index in [0.29, 0.717) is 34.2 Å². The van der Waals surface area contributed by atoms with E-state index in [4.69, 9.17) is 21.1 Å². The number of carbonyl (C=O) groups is 2. The zero-order chi connectivity index (χ0) is 26.9. The van der Waals surface area contributed by atoms with Crippen LogP contribution in [-0.4, -0.2) is 34.6 Å². The van der Waals surface area contributed by atoms with Gasteiger partial charge in [-0.2, -0.15) is 0 Å². The van der Waals surface area contributed by atoms with Gasteiger partial charge in [0.15, 0.2) is 11.5 Å². The second kappa shape index (κ2) is 10.6. The van der Waals surface area contributed by atoms with Gasteiger partial charge in [-0.25, -0.2) is 0 Å². The molecular weight excluding hydrogens is 494 g/mol. The van der Waals surface area contributed by atoms with Crippen molar-refractivity contribution in [2.45, 2.75) is 39.8 Å². The third-order valence-corrected chi connectivity index (χ3v) is 6.21. The van der Waals surface area contributed by atoms with Crippen molar-refractivity contribution in [1.29, 1.82) is 0 Å². The van der Waals surface area contributed by atoms with Gasteiger partial charge in [0.05, 0.1) is 24.3 Å². The Balaban J connectivity index is 1.93. The van der Waals surface area contributed by atoms with Crippen molar-refractivity contribution in [1.82, 2.24) is 0 Å². The molecule has 0 bridgehead atoms. The molecule has 3 aromatic rings. The molecule has 0 radical (unpaired) electrons. The van der Waals surface area contributed by atoms with Crippen LogP contribution in [0.5, 0.6) is 17.2 Å². The Morgan fingerprint density at radius 2 is 1.76 bits per heavy atom. The summed E-state index contributed by atoms with van der Waals surface area (Å²) >= 11 is 6.26. The molecule has 1 unspecified atom stereocenters. The molecule has 192 valence electrons. The van der Waals surface area contributed by atoms with Gasteiger partial charge in [-0.15, -0.1) is 0 Å². The molecule has 1 atom stereocenters. The summed E-state index contributed by atoms with van der Waals surface area (Å²) in [5.74, 6) is -1.24. The van der Waals surface area contributed by atoms with E-state index in [1.54, 1.807) is 68.4 Å². The Morgan fingerprint density at radius 3 is 2.41 bits per heavy atom. The summed E-state index contributed by atoms with van der Waals surface area (Å²) in [7, 11) is 0. The number of benzene rings is 3. The minimum atomic E-state index is -0.997. The quantitative estimate of drug-likeness (QED) is 0.219.